The maximum Gasteiger partial charge on any atom is 0.223 e. The fourth-order valence-corrected chi connectivity index (χ4v) is 4.30. The molecule has 0 N–H and O–H groups in total. The summed E-state index contributed by atoms with van der Waals surface area (Å²) in [7, 11) is 0. The molecule has 2 aliphatic rings. The van der Waals surface area contributed by atoms with Crippen LogP contribution in [0, 0.1) is 5.92 Å². The molecule has 1 aliphatic carbocycles. The number of benzene rings is 2. The molecule has 28 heavy (non-hydrogen) atoms. The third kappa shape index (κ3) is 3.09. The van der Waals surface area contributed by atoms with Gasteiger partial charge in [0.05, 0.1) is 5.69 Å². The summed E-state index contributed by atoms with van der Waals surface area (Å²) in [6.45, 7) is 5.15. The number of rotatable bonds is 5. The first-order valence-electron chi connectivity index (χ1n) is 10.3. The van der Waals surface area contributed by atoms with Crippen LogP contribution in [0.25, 0.3) is 16.5 Å². The molecule has 1 saturated heterocycles. The van der Waals surface area contributed by atoms with Crippen LogP contribution in [0.5, 0.6) is 0 Å². The van der Waals surface area contributed by atoms with Crippen molar-refractivity contribution in [3.05, 3.63) is 54.1 Å². The van der Waals surface area contributed by atoms with Crippen LogP contribution in [0.2, 0.25) is 0 Å². The van der Waals surface area contributed by atoms with Gasteiger partial charge in [-0.15, -0.1) is 0 Å². The molecule has 5 nitrogen and oxygen atoms in total. The second-order valence-electron chi connectivity index (χ2n) is 8.57. The zero-order valence-corrected chi connectivity index (χ0v) is 16.5. The third-order valence-electron chi connectivity index (χ3n) is 5.77. The van der Waals surface area contributed by atoms with Crippen molar-refractivity contribution < 1.29 is 4.79 Å². The van der Waals surface area contributed by atoms with Crippen molar-refractivity contribution in [3.63, 3.8) is 0 Å². The summed E-state index contributed by atoms with van der Waals surface area (Å²) in [5, 5.41) is 7.25. The van der Waals surface area contributed by atoms with Gasteiger partial charge in [-0.1, -0.05) is 50.2 Å². The van der Waals surface area contributed by atoms with E-state index < -0.39 is 0 Å². The predicted octanol–water partition coefficient (Wildman–Crippen LogP) is 4.10. The number of fused-ring (bicyclic) bond motifs is 1. The molecule has 0 bridgehead atoms. The zero-order valence-electron chi connectivity index (χ0n) is 16.5. The smallest absolute Gasteiger partial charge is 0.223 e. The van der Waals surface area contributed by atoms with E-state index in [0.29, 0.717) is 18.4 Å². The van der Waals surface area contributed by atoms with Crippen molar-refractivity contribution in [1.82, 2.24) is 19.7 Å². The number of hydrogen-bond acceptors (Lipinski definition) is 3. The SMILES string of the molecule is CC(C)Cc1nc(C2CC(=O)N(C3CC3)C2)n(-c2cccc3ccccc23)n1. The molecule has 144 valence electrons. The summed E-state index contributed by atoms with van der Waals surface area (Å²) in [6, 6.07) is 15.1. The molecule has 0 spiro atoms. The molecule has 2 aromatic carbocycles. The number of carbonyl (C=O) groups is 1. The van der Waals surface area contributed by atoms with Gasteiger partial charge in [-0.3, -0.25) is 4.79 Å². The Balaban J connectivity index is 1.60. The fourth-order valence-electron chi connectivity index (χ4n) is 4.30. The fraction of sp³-hybridized carbons (Fsp3) is 0.435. The van der Waals surface area contributed by atoms with Crippen LogP contribution in [-0.4, -0.2) is 38.2 Å². The average Bonchev–Trinajstić information content (AvgIpc) is 3.33. The summed E-state index contributed by atoms with van der Waals surface area (Å²) in [5.41, 5.74) is 1.05. The normalized spacial score (nSPS) is 19.9. The topological polar surface area (TPSA) is 51.0 Å². The molecule has 5 heteroatoms. The highest BCUT2D eigenvalue weighted by molar-refractivity contribution is 5.90. The van der Waals surface area contributed by atoms with Gasteiger partial charge in [0.2, 0.25) is 5.91 Å². The molecule has 2 heterocycles. The van der Waals surface area contributed by atoms with Gasteiger partial charge in [-0.25, -0.2) is 9.67 Å². The van der Waals surface area contributed by atoms with Gasteiger partial charge in [0.15, 0.2) is 5.82 Å². The molecule has 1 unspecified atom stereocenters. The highest BCUT2D eigenvalue weighted by Gasteiger charge is 2.41. The number of nitrogens with zero attached hydrogens (tertiary/aromatic N) is 4. The lowest BCUT2D eigenvalue weighted by atomic mass is 10.1. The van der Waals surface area contributed by atoms with E-state index in [1.807, 2.05) is 4.68 Å². The van der Waals surface area contributed by atoms with E-state index in [2.05, 4.69) is 61.2 Å². The van der Waals surface area contributed by atoms with Crippen LogP contribution < -0.4 is 0 Å². The van der Waals surface area contributed by atoms with Gasteiger partial charge < -0.3 is 4.90 Å². The van der Waals surface area contributed by atoms with Crippen LogP contribution in [-0.2, 0) is 11.2 Å². The van der Waals surface area contributed by atoms with E-state index >= 15 is 0 Å². The Kier molecular flexibility index (Phi) is 4.18. The van der Waals surface area contributed by atoms with E-state index in [0.717, 1.165) is 48.5 Å². The van der Waals surface area contributed by atoms with Crippen LogP contribution in [0.3, 0.4) is 0 Å². The molecule has 1 saturated carbocycles. The largest absolute Gasteiger partial charge is 0.339 e. The lowest BCUT2D eigenvalue weighted by Crippen LogP contribution is -2.27. The molecule has 3 aromatic rings. The lowest BCUT2D eigenvalue weighted by molar-refractivity contribution is -0.128. The molecule has 1 aliphatic heterocycles. The Bertz CT molecular complexity index is 1030. The summed E-state index contributed by atoms with van der Waals surface area (Å²) in [6.07, 6.45) is 3.68. The number of carbonyl (C=O) groups excluding carboxylic acids is 1. The number of amides is 1. The van der Waals surface area contributed by atoms with Gasteiger partial charge in [0.1, 0.15) is 5.82 Å². The second kappa shape index (κ2) is 6.73. The first kappa shape index (κ1) is 17.4. The zero-order chi connectivity index (χ0) is 19.3. The van der Waals surface area contributed by atoms with E-state index in [9.17, 15) is 4.79 Å². The maximum absolute atomic E-state index is 12.6. The van der Waals surface area contributed by atoms with E-state index in [-0.39, 0.29) is 11.8 Å². The van der Waals surface area contributed by atoms with Gasteiger partial charge in [0.25, 0.3) is 0 Å². The Morgan fingerprint density at radius 1 is 1.11 bits per heavy atom. The first-order valence-corrected chi connectivity index (χ1v) is 10.3. The minimum Gasteiger partial charge on any atom is -0.339 e. The minimum absolute atomic E-state index is 0.112. The summed E-state index contributed by atoms with van der Waals surface area (Å²) in [5.74, 6) is 2.68. The molecule has 1 amide bonds. The Morgan fingerprint density at radius 2 is 1.89 bits per heavy atom. The van der Waals surface area contributed by atoms with Gasteiger partial charge in [-0.05, 0) is 30.2 Å². The highest BCUT2D eigenvalue weighted by atomic mass is 16.2. The van der Waals surface area contributed by atoms with Gasteiger partial charge in [0, 0.05) is 36.7 Å². The van der Waals surface area contributed by atoms with Crippen molar-refractivity contribution >= 4 is 16.7 Å². The highest BCUT2D eigenvalue weighted by Crippen LogP contribution is 2.37. The minimum atomic E-state index is 0.112. The number of hydrogen-bond donors (Lipinski definition) is 0. The Morgan fingerprint density at radius 3 is 2.68 bits per heavy atom. The quantitative estimate of drug-likeness (QED) is 0.676. The van der Waals surface area contributed by atoms with Crippen LogP contribution in [0.4, 0.5) is 0 Å². The molecule has 2 fully saturated rings. The first-order chi connectivity index (χ1) is 13.6. The second-order valence-corrected chi connectivity index (χ2v) is 8.57. The van der Waals surface area contributed by atoms with Crippen LogP contribution in [0.1, 0.15) is 50.7 Å². The number of aromatic nitrogens is 3. The van der Waals surface area contributed by atoms with E-state index in [4.69, 9.17) is 10.1 Å². The predicted molar refractivity (Wildman–Crippen MR) is 110 cm³/mol. The molecule has 1 aromatic heterocycles. The molecular weight excluding hydrogens is 348 g/mol. The van der Waals surface area contributed by atoms with Crippen molar-refractivity contribution in [1.29, 1.82) is 0 Å². The summed E-state index contributed by atoms with van der Waals surface area (Å²) in [4.78, 5) is 19.6. The van der Waals surface area contributed by atoms with Crippen molar-refractivity contribution in [3.8, 4) is 5.69 Å². The maximum atomic E-state index is 12.6. The van der Waals surface area contributed by atoms with Crippen LogP contribution in [0.15, 0.2) is 42.5 Å². The molecule has 5 rings (SSSR count). The Labute approximate surface area is 165 Å². The van der Waals surface area contributed by atoms with Gasteiger partial charge >= 0.3 is 0 Å². The number of likely N-dealkylation sites (tertiary alicyclic amines) is 1. The molecular formula is C23H26N4O. The molecule has 1 atom stereocenters. The van der Waals surface area contributed by atoms with Crippen molar-refractivity contribution in [2.24, 2.45) is 5.92 Å². The average molecular weight is 374 g/mol. The van der Waals surface area contributed by atoms with E-state index in [1.54, 1.807) is 0 Å². The third-order valence-corrected chi connectivity index (χ3v) is 5.77. The van der Waals surface area contributed by atoms with E-state index in [1.165, 1.54) is 5.39 Å². The Hall–Kier alpha value is -2.69. The van der Waals surface area contributed by atoms with Crippen molar-refractivity contribution in [2.45, 2.75) is 51.5 Å². The lowest BCUT2D eigenvalue weighted by Gasteiger charge is -2.16. The van der Waals surface area contributed by atoms with Gasteiger partial charge in [-0.2, -0.15) is 5.10 Å². The standard InChI is InChI=1S/C23H26N4O/c1-15(2)12-21-24-23(17-13-22(28)26(14-17)18-10-11-18)27(25-21)20-9-5-7-16-6-3-4-8-19(16)20/h3-9,15,17-18H,10-14H2,1-2H3. The molecule has 0 radical (unpaired) electrons. The van der Waals surface area contributed by atoms with Crippen LogP contribution >= 0.6 is 0 Å². The summed E-state index contributed by atoms with van der Waals surface area (Å²) < 4.78 is 2.01. The summed E-state index contributed by atoms with van der Waals surface area (Å²) >= 11 is 0. The monoisotopic (exact) mass is 374 g/mol. The van der Waals surface area contributed by atoms with Crippen molar-refractivity contribution in [2.75, 3.05) is 6.54 Å².